The summed E-state index contributed by atoms with van der Waals surface area (Å²) >= 11 is 3.03. The summed E-state index contributed by atoms with van der Waals surface area (Å²) in [7, 11) is 1.54. The van der Waals surface area contributed by atoms with Gasteiger partial charge in [-0.3, -0.25) is 4.79 Å². The first-order valence-electron chi connectivity index (χ1n) is 5.47. The van der Waals surface area contributed by atoms with E-state index < -0.39 is 11.6 Å². The highest BCUT2D eigenvalue weighted by Gasteiger charge is 2.15. The zero-order valence-electron chi connectivity index (χ0n) is 10.0. The molecule has 0 unspecified atom stereocenters. The van der Waals surface area contributed by atoms with Crippen LogP contribution in [0.5, 0.6) is 0 Å². The van der Waals surface area contributed by atoms with E-state index in [1.165, 1.54) is 48.3 Å². The Labute approximate surface area is 117 Å². The number of carbonyl (C=O) groups excluding carboxylic acids is 1. The normalized spacial score (nSPS) is 10.3. The Bertz CT molecular complexity index is 631. The molecule has 5 heteroatoms. The van der Waals surface area contributed by atoms with Crippen LogP contribution >= 0.6 is 15.9 Å². The van der Waals surface area contributed by atoms with Crippen LogP contribution in [0.25, 0.3) is 0 Å². The number of rotatable bonds is 2. The molecular formula is C14H10BrF2NO. The minimum atomic E-state index is -0.440. The third-order valence-corrected chi connectivity index (χ3v) is 3.27. The van der Waals surface area contributed by atoms with Crippen LogP contribution in [-0.4, -0.2) is 13.0 Å². The van der Waals surface area contributed by atoms with Gasteiger partial charge in [0.25, 0.3) is 5.91 Å². The zero-order valence-corrected chi connectivity index (χ0v) is 11.6. The summed E-state index contributed by atoms with van der Waals surface area (Å²) in [5, 5.41) is 0. The van der Waals surface area contributed by atoms with E-state index in [1.54, 1.807) is 6.07 Å². The molecule has 0 spiro atoms. The molecule has 98 valence electrons. The van der Waals surface area contributed by atoms with Crippen molar-refractivity contribution in [2.45, 2.75) is 0 Å². The van der Waals surface area contributed by atoms with Gasteiger partial charge in [0.1, 0.15) is 11.6 Å². The molecule has 2 aromatic carbocycles. The maximum atomic E-state index is 13.1. The van der Waals surface area contributed by atoms with E-state index in [-0.39, 0.29) is 10.4 Å². The van der Waals surface area contributed by atoms with E-state index >= 15 is 0 Å². The van der Waals surface area contributed by atoms with E-state index in [9.17, 15) is 13.6 Å². The van der Waals surface area contributed by atoms with Crippen molar-refractivity contribution in [3.63, 3.8) is 0 Å². The van der Waals surface area contributed by atoms with Gasteiger partial charge in [-0.25, -0.2) is 8.78 Å². The number of nitrogens with zero attached hydrogens (tertiary/aromatic N) is 1. The van der Waals surface area contributed by atoms with Crippen LogP contribution in [0.2, 0.25) is 0 Å². The van der Waals surface area contributed by atoms with Crippen LogP contribution < -0.4 is 4.90 Å². The van der Waals surface area contributed by atoms with Gasteiger partial charge in [-0.15, -0.1) is 0 Å². The van der Waals surface area contributed by atoms with Gasteiger partial charge in [0.15, 0.2) is 0 Å². The second kappa shape index (κ2) is 5.48. The number of hydrogen-bond acceptors (Lipinski definition) is 1. The average Bonchev–Trinajstić information content (AvgIpc) is 2.40. The van der Waals surface area contributed by atoms with Crippen LogP contribution in [0.4, 0.5) is 14.5 Å². The molecule has 0 aliphatic rings. The highest BCUT2D eigenvalue weighted by atomic mass is 79.9. The molecule has 2 rings (SSSR count). The standard InChI is InChI=1S/C14H10BrF2NO/c1-18(11-4-2-3-10(16)8-11)14(19)9-5-6-13(17)12(15)7-9/h2-8H,1H3. The summed E-state index contributed by atoms with van der Waals surface area (Å²) in [5.41, 5.74) is 0.755. The predicted molar refractivity (Wildman–Crippen MR) is 73.2 cm³/mol. The third kappa shape index (κ3) is 2.98. The summed E-state index contributed by atoms with van der Waals surface area (Å²) in [5.74, 6) is -1.20. The fourth-order valence-corrected chi connectivity index (χ4v) is 2.00. The van der Waals surface area contributed by atoms with Crippen molar-refractivity contribution in [1.29, 1.82) is 0 Å². The van der Waals surface area contributed by atoms with Crippen molar-refractivity contribution in [2.75, 3.05) is 11.9 Å². The zero-order chi connectivity index (χ0) is 14.0. The number of amides is 1. The van der Waals surface area contributed by atoms with Gasteiger partial charge in [0.05, 0.1) is 4.47 Å². The summed E-state index contributed by atoms with van der Waals surface area (Å²) in [6.45, 7) is 0. The lowest BCUT2D eigenvalue weighted by Crippen LogP contribution is -2.26. The molecule has 0 aromatic heterocycles. The van der Waals surface area contributed by atoms with Gasteiger partial charge in [-0.1, -0.05) is 6.07 Å². The summed E-state index contributed by atoms with van der Waals surface area (Å²) < 4.78 is 26.4. The summed E-state index contributed by atoms with van der Waals surface area (Å²) in [6.07, 6.45) is 0. The lowest BCUT2D eigenvalue weighted by molar-refractivity contribution is 0.0993. The Kier molecular flexibility index (Phi) is 3.95. The molecule has 0 aliphatic carbocycles. The lowest BCUT2D eigenvalue weighted by atomic mass is 10.2. The molecule has 2 aromatic rings. The Morgan fingerprint density at radius 3 is 2.53 bits per heavy atom. The molecule has 19 heavy (non-hydrogen) atoms. The molecular weight excluding hydrogens is 316 g/mol. The summed E-state index contributed by atoms with van der Waals surface area (Å²) in [6, 6.07) is 9.70. The van der Waals surface area contributed by atoms with E-state index in [1.807, 2.05) is 0 Å². The quantitative estimate of drug-likeness (QED) is 0.817. The molecule has 0 radical (unpaired) electrons. The SMILES string of the molecule is CN(C(=O)c1ccc(F)c(Br)c1)c1cccc(F)c1. The van der Waals surface area contributed by atoms with Crippen LogP contribution in [0, 0.1) is 11.6 Å². The Morgan fingerprint density at radius 1 is 1.16 bits per heavy atom. The minimum absolute atomic E-state index is 0.214. The van der Waals surface area contributed by atoms with Gasteiger partial charge in [-0.2, -0.15) is 0 Å². The van der Waals surface area contributed by atoms with Gasteiger partial charge in [-0.05, 0) is 52.3 Å². The number of carbonyl (C=O) groups is 1. The largest absolute Gasteiger partial charge is 0.311 e. The molecule has 0 aliphatic heterocycles. The first kappa shape index (κ1) is 13.7. The van der Waals surface area contributed by atoms with Crippen molar-refractivity contribution in [2.24, 2.45) is 0 Å². The fraction of sp³-hybridized carbons (Fsp3) is 0.0714. The molecule has 0 saturated carbocycles. The Morgan fingerprint density at radius 2 is 1.89 bits per heavy atom. The molecule has 0 saturated heterocycles. The second-order valence-electron chi connectivity index (χ2n) is 3.97. The van der Waals surface area contributed by atoms with Crippen LogP contribution in [0.1, 0.15) is 10.4 Å². The molecule has 0 N–H and O–H groups in total. The number of benzene rings is 2. The molecule has 1 amide bonds. The second-order valence-corrected chi connectivity index (χ2v) is 4.83. The predicted octanol–water partition coefficient (Wildman–Crippen LogP) is 4.00. The number of hydrogen-bond donors (Lipinski definition) is 0. The lowest BCUT2D eigenvalue weighted by Gasteiger charge is -2.17. The van der Waals surface area contributed by atoms with Crippen molar-refractivity contribution < 1.29 is 13.6 Å². The van der Waals surface area contributed by atoms with Gasteiger partial charge in [0, 0.05) is 18.3 Å². The topological polar surface area (TPSA) is 20.3 Å². The first-order chi connectivity index (χ1) is 8.99. The molecule has 0 atom stereocenters. The van der Waals surface area contributed by atoms with Gasteiger partial charge < -0.3 is 4.90 Å². The van der Waals surface area contributed by atoms with Gasteiger partial charge in [0.2, 0.25) is 0 Å². The monoisotopic (exact) mass is 325 g/mol. The van der Waals surface area contributed by atoms with Crippen LogP contribution in [0.15, 0.2) is 46.9 Å². The van der Waals surface area contributed by atoms with Crippen molar-refractivity contribution >= 4 is 27.5 Å². The number of anilines is 1. The minimum Gasteiger partial charge on any atom is -0.311 e. The Balaban J connectivity index is 2.30. The summed E-state index contributed by atoms with van der Waals surface area (Å²) in [4.78, 5) is 13.5. The van der Waals surface area contributed by atoms with E-state index in [0.29, 0.717) is 11.3 Å². The van der Waals surface area contributed by atoms with E-state index in [0.717, 1.165) is 0 Å². The van der Waals surface area contributed by atoms with E-state index in [4.69, 9.17) is 0 Å². The highest BCUT2D eigenvalue weighted by molar-refractivity contribution is 9.10. The molecule has 2 nitrogen and oxygen atoms in total. The van der Waals surface area contributed by atoms with E-state index in [2.05, 4.69) is 15.9 Å². The van der Waals surface area contributed by atoms with Crippen molar-refractivity contribution in [3.8, 4) is 0 Å². The maximum absolute atomic E-state index is 13.1. The van der Waals surface area contributed by atoms with Crippen LogP contribution in [-0.2, 0) is 0 Å². The third-order valence-electron chi connectivity index (χ3n) is 2.67. The molecule has 0 heterocycles. The first-order valence-corrected chi connectivity index (χ1v) is 6.27. The van der Waals surface area contributed by atoms with Crippen molar-refractivity contribution in [3.05, 3.63) is 64.1 Å². The Hall–Kier alpha value is -1.75. The molecule has 0 fully saturated rings. The molecule has 0 bridgehead atoms. The maximum Gasteiger partial charge on any atom is 0.258 e. The smallest absolute Gasteiger partial charge is 0.258 e. The number of halogens is 3. The van der Waals surface area contributed by atoms with Crippen molar-refractivity contribution in [1.82, 2.24) is 0 Å². The van der Waals surface area contributed by atoms with Gasteiger partial charge >= 0.3 is 0 Å². The highest BCUT2D eigenvalue weighted by Crippen LogP contribution is 2.20. The van der Waals surface area contributed by atoms with Crippen LogP contribution in [0.3, 0.4) is 0 Å². The average molecular weight is 326 g/mol. The fourth-order valence-electron chi connectivity index (χ4n) is 1.62.